The molecular formula is C15H17ClN4OS2. The topological polar surface area (TPSA) is 66.1 Å². The zero-order valence-electron chi connectivity index (χ0n) is 12.7. The predicted molar refractivity (Wildman–Crippen MR) is 96.7 cm³/mol. The second-order valence-electron chi connectivity index (χ2n) is 5.61. The lowest BCUT2D eigenvalue weighted by molar-refractivity contribution is -0.120. The smallest absolute Gasteiger partial charge is 0.220 e. The Morgan fingerprint density at radius 2 is 2.13 bits per heavy atom. The van der Waals surface area contributed by atoms with E-state index in [0.717, 1.165) is 16.3 Å². The minimum Gasteiger partial charge on any atom is -0.342 e. The van der Waals surface area contributed by atoms with Gasteiger partial charge in [0.25, 0.3) is 0 Å². The van der Waals surface area contributed by atoms with E-state index >= 15 is 0 Å². The molecule has 122 valence electrons. The third-order valence-electron chi connectivity index (χ3n) is 3.52. The van der Waals surface area contributed by atoms with E-state index < -0.39 is 5.12 Å². The van der Waals surface area contributed by atoms with E-state index in [1.165, 1.54) is 6.92 Å². The van der Waals surface area contributed by atoms with Crippen molar-refractivity contribution in [1.82, 2.24) is 15.6 Å². The summed E-state index contributed by atoms with van der Waals surface area (Å²) >= 11 is 9.15. The van der Waals surface area contributed by atoms with Crippen molar-refractivity contribution >= 4 is 46.3 Å². The van der Waals surface area contributed by atoms with Crippen molar-refractivity contribution < 1.29 is 4.79 Å². The number of rotatable bonds is 4. The Morgan fingerprint density at radius 3 is 2.74 bits per heavy atom. The van der Waals surface area contributed by atoms with Crippen LogP contribution in [0.15, 0.2) is 36.0 Å². The van der Waals surface area contributed by atoms with Crippen LogP contribution in [0.3, 0.4) is 0 Å². The first-order valence-electron chi connectivity index (χ1n) is 7.06. The number of thiazole rings is 1. The monoisotopic (exact) mass is 368 g/mol. The molecule has 2 unspecified atom stereocenters. The van der Waals surface area contributed by atoms with Crippen molar-refractivity contribution in [3.05, 3.63) is 45.9 Å². The molecule has 0 bridgehead atoms. The molecule has 0 radical (unpaired) electrons. The molecule has 1 saturated heterocycles. The van der Waals surface area contributed by atoms with Gasteiger partial charge in [0.1, 0.15) is 0 Å². The maximum absolute atomic E-state index is 11.7. The lowest BCUT2D eigenvalue weighted by Crippen LogP contribution is -2.61. The van der Waals surface area contributed by atoms with Crippen LogP contribution >= 0.6 is 34.7 Å². The molecule has 2 atom stereocenters. The standard InChI is InChI=1S/C15H17ClN4OS2/c1-10(21)18-15(19-12-5-3-11(16)4-6-12)20-14(2,8-23-15)13-7-17-9-22-13/h3-7,9,19-20H,8H2,1-2H3,(H,18,21). The number of amides is 1. The second-order valence-corrected chi connectivity index (χ2v) is 8.12. The van der Waals surface area contributed by atoms with Crippen molar-refractivity contribution in [3.63, 3.8) is 0 Å². The number of thioether (sulfide) groups is 1. The molecular weight excluding hydrogens is 352 g/mol. The molecule has 0 aliphatic carbocycles. The average molecular weight is 369 g/mol. The van der Waals surface area contributed by atoms with Crippen LogP contribution in [0.1, 0.15) is 18.7 Å². The van der Waals surface area contributed by atoms with Crippen LogP contribution in [0.5, 0.6) is 0 Å². The summed E-state index contributed by atoms with van der Waals surface area (Å²) in [6, 6.07) is 7.40. The maximum atomic E-state index is 11.7. The molecule has 1 aliphatic rings. The predicted octanol–water partition coefficient (Wildman–Crippen LogP) is 3.21. The number of hydrogen-bond donors (Lipinski definition) is 3. The normalized spacial score (nSPS) is 26.9. The van der Waals surface area contributed by atoms with Crippen molar-refractivity contribution in [3.8, 4) is 0 Å². The fourth-order valence-electron chi connectivity index (χ4n) is 2.48. The van der Waals surface area contributed by atoms with Crippen LogP contribution in [-0.2, 0) is 10.3 Å². The van der Waals surface area contributed by atoms with Gasteiger partial charge < -0.3 is 10.6 Å². The largest absolute Gasteiger partial charge is 0.342 e. The van der Waals surface area contributed by atoms with E-state index in [-0.39, 0.29) is 11.4 Å². The fourth-order valence-corrected chi connectivity index (χ4v) is 4.88. The zero-order valence-corrected chi connectivity index (χ0v) is 15.1. The van der Waals surface area contributed by atoms with Crippen molar-refractivity contribution in [2.75, 3.05) is 11.1 Å². The van der Waals surface area contributed by atoms with E-state index in [4.69, 9.17) is 11.6 Å². The molecule has 5 nitrogen and oxygen atoms in total. The molecule has 1 amide bonds. The van der Waals surface area contributed by atoms with Gasteiger partial charge >= 0.3 is 0 Å². The van der Waals surface area contributed by atoms with Crippen LogP contribution in [0, 0.1) is 0 Å². The molecule has 3 N–H and O–H groups in total. The minimum atomic E-state index is -0.779. The molecule has 0 saturated carbocycles. The number of nitrogens with one attached hydrogen (secondary N) is 3. The first-order valence-corrected chi connectivity index (χ1v) is 9.30. The molecule has 8 heteroatoms. The summed E-state index contributed by atoms with van der Waals surface area (Å²) in [6.07, 6.45) is 1.87. The number of nitrogens with zero attached hydrogens (tertiary/aromatic N) is 1. The Balaban J connectivity index is 1.86. The van der Waals surface area contributed by atoms with Gasteiger partial charge in [0.2, 0.25) is 11.0 Å². The molecule has 1 aromatic heterocycles. The quantitative estimate of drug-likeness (QED) is 0.723. The highest BCUT2D eigenvalue weighted by atomic mass is 35.5. The van der Waals surface area contributed by atoms with Gasteiger partial charge in [-0.15, -0.1) is 11.3 Å². The van der Waals surface area contributed by atoms with Gasteiger partial charge in [-0.25, -0.2) is 0 Å². The molecule has 1 aromatic carbocycles. The van der Waals surface area contributed by atoms with Gasteiger partial charge in [-0.2, -0.15) is 0 Å². The highest BCUT2D eigenvalue weighted by Crippen LogP contribution is 2.41. The number of carbonyl (C=O) groups excluding carboxylic acids is 1. The fraction of sp³-hybridized carbons (Fsp3) is 0.333. The van der Waals surface area contributed by atoms with Crippen LogP contribution in [0.25, 0.3) is 0 Å². The molecule has 2 aromatic rings. The van der Waals surface area contributed by atoms with Gasteiger partial charge in [-0.1, -0.05) is 23.4 Å². The lowest BCUT2D eigenvalue weighted by Gasteiger charge is -2.34. The van der Waals surface area contributed by atoms with Crippen molar-refractivity contribution in [2.45, 2.75) is 24.5 Å². The zero-order chi connectivity index (χ0) is 16.5. The van der Waals surface area contributed by atoms with Crippen molar-refractivity contribution in [2.24, 2.45) is 0 Å². The van der Waals surface area contributed by atoms with Crippen LogP contribution in [0.4, 0.5) is 5.69 Å². The van der Waals surface area contributed by atoms with Gasteiger partial charge in [0, 0.05) is 34.5 Å². The summed E-state index contributed by atoms with van der Waals surface area (Å²) in [5, 5.41) is 9.79. The van der Waals surface area contributed by atoms with E-state index in [1.54, 1.807) is 23.1 Å². The number of carbonyl (C=O) groups is 1. The van der Waals surface area contributed by atoms with Gasteiger partial charge in [-0.05, 0) is 31.2 Å². The van der Waals surface area contributed by atoms with Crippen LogP contribution in [-0.4, -0.2) is 21.8 Å². The summed E-state index contributed by atoms with van der Waals surface area (Å²) in [5.41, 5.74) is 2.42. The summed E-state index contributed by atoms with van der Waals surface area (Å²) in [6.45, 7) is 3.62. The van der Waals surface area contributed by atoms with Crippen LogP contribution < -0.4 is 16.0 Å². The highest BCUT2D eigenvalue weighted by molar-refractivity contribution is 8.01. The number of benzene rings is 1. The van der Waals surface area contributed by atoms with E-state index in [1.807, 2.05) is 36.0 Å². The Hall–Kier alpha value is -1.28. The summed E-state index contributed by atoms with van der Waals surface area (Å²) in [5.74, 6) is 0.691. The van der Waals surface area contributed by atoms with E-state index in [9.17, 15) is 4.79 Å². The highest BCUT2D eigenvalue weighted by Gasteiger charge is 2.48. The first kappa shape index (κ1) is 16.6. The Morgan fingerprint density at radius 1 is 1.39 bits per heavy atom. The first-order chi connectivity index (χ1) is 10.9. The summed E-state index contributed by atoms with van der Waals surface area (Å²) in [4.78, 5) is 17.0. The summed E-state index contributed by atoms with van der Waals surface area (Å²) in [7, 11) is 0. The third kappa shape index (κ3) is 3.63. The minimum absolute atomic E-state index is 0.111. The van der Waals surface area contributed by atoms with E-state index in [2.05, 4.69) is 27.9 Å². The summed E-state index contributed by atoms with van der Waals surface area (Å²) < 4.78 is 0. The van der Waals surface area contributed by atoms with Gasteiger partial charge in [0.15, 0.2) is 0 Å². The van der Waals surface area contributed by atoms with Gasteiger partial charge in [-0.3, -0.25) is 15.1 Å². The third-order valence-corrected chi connectivity index (χ3v) is 6.27. The van der Waals surface area contributed by atoms with Crippen molar-refractivity contribution in [1.29, 1.82) is 0 Å². The Bertz CT molecular complexity index is 694. The number of halogens is 1. The molecule has 3 rings (SSSR count). The number of aromatic nitrogens is 1. The van der Waals surface area contributed by atoms with E-state index in [0.29, 0.717) is 5.02 Å². The van der Waals surface area contributed by atoms with Gasteiger partial charge in [0.05, 0.1) is 11.0 Å². The van der Waals surface area contributed by atoms with Crippen LogP contribution in [0.2, 0.25) is 5.02 Å². The maximum Gasteiger partial charge on any atom is 0.220 e. The SMILES string of the molecule is CC(=O)NC1(Nc2ccc(Cl)cc2)NC(C)(c2cncs2)CS1. The second kappa shape index (κ2) is 6.32. The molecule has 0 spiro atoms. The number of hydrogen-bond acceptors (Lipinski definition) is 6. The average Bonchev–Trinajstić information content (AvgIpc) is 3.11. The molecule has 23 heavy (non-hydrogen) atoms. The Labute approximate surface area is 148 Å². The molecule has 1 fully saturated rings. The molecule has 2 heterocycles. The lowest BCUT2D eigenvalue weighted by atomic mass is 10.0. The number of anilines is 1. The molecule has 1 aliphatic heterocycles. The Kier molecular flexibility index (Phi) is 4.55.